The Bertz CT molecular complexity index is 1120. The number of nitrogens with zero attached hydrogens (tertiary/aromatic N) is 1. The maximum absolute atomic E-state index is 13.3. The number of likely N-dealkylation sites (tertiary alicyclic amines) is 1. The zero-order chi connectivity index (χ0) is 25.0. The highest BCUT2D eigenvalue weighted by atomic mass is 16.5. The number of carbonyl (C=O) groups excluding carboxylic acids is 2. The van der Waals surface area contributed by atoms with Crippen LogP contribution >= 0.6 is 0 Å². The van der Waals surface area contributed by atoms with Gasteiger partial charge in [0.1, 0.15) is 11.5 Å². The van der Waals surface area contributed by atoms with Gasteiger partial charge in [0, 0.05) is 25.8 Å². The third kappa shape index (κ3) is 4.46. The van der Waals surface area contributed by atoms with E-state index in [1.165, 1.54) is 26.2 Å². The Hall–Kier alpha value is -3.52. The lowest BCUT2D eigenvalue weighted by molar-refractivity contribution is -0.140. The standard InChI is InChI=1S/C26H31NO7/c1-15-13-16(2)24(33-5)18(14-15)22(28)20-21(17-9-7-10-19(32-4)25(17)34-6)27(11-8-12-31-3)26(30)23(20)29/h7,9-10,13-14,21,28H,8,11-12H2,1-6H3/b22-20+. The lowest BCUT2D eigenvalue weighted by atomic mass is 9.93. The van der Waals surface area contributed by atoms with Crippen molar-refractivity contribution in [2.24, 2.45) is 0 Å². The normalized spacial score (nSPS) is 17.2. The Morgan fingerprint density at radius 2 is 1.71 bits per heavy atom. The molecule has 0 saturated carbocycles. The summed E-state index contributed by atoms with van der Waals surface area (Å²) in [6, 6.07) is 8.01. The molecule has 1 aliphatic rings. The summed E-state index contributed by atoms with van der Waals surface area (Å²) in [7, 11) is 6.08. The van der Waals surface area contributed by atoms with Crippen LogP contribution in [0.4, 0.5) is 0 Å². The fraction of sp³-hybridized carbons (Fsp3) is 0.385. The van der Waals surface area contributed by atoms with E-state index in [0.29, 0.717) is 41.4 Å². The van der Waals surface area contributed by atoms with Crippen molar-refractivity contribution in [1.82, 2.24) is 4.90 Å². The molecule has 2 aromatic carbocycles. The number of para-hydroxylation sites is 1. The molecule has 1 heterocycles. The van der Waals surface area contributed by atoms with Crippen LogP contribution in [0, 0.1) is 13.8 Å². The van der Waals surface area contributed by atoms with Crippen molar-refractivity contribution in [1.29, 1.82) is 0 Å². The minimum atomic E-state index is -0.882. The van der Waals surface area contributed by atoms with Gasteiger partial charge in [-0.1, -0.05) is 18.2 Å². The van der Waals surface area contributed by atoms with Crippen LogP contribution in [0.15, 0.2) is 35.9 Å². The van der Waals surface area contributed by atoms with E-state index in [1.807, 2.05) is 19.9 Å². The molecule has 182 valence electrons. The first-order chi connectivity index (χ1) is 16.3. The van der Waals surface area contributed by atoms with Gasteiger partial charge in [-0.25, -0.2) is 0 Å². The number of methoxy groups -OCH3 is 4. The molecule has 8 nitrogen and oxygen atoms in total. The van der Waals surface area contributed by atoms with Crippen LogP contribution in [-0.2, 0) is 14.3 Å². The van der Waals surface area contributed by atoms with Gasteiger partial charge in [-0.05, 0) is 43.5 Å². The van der Waals surface area contributed by atoms with Crippen molar-refractivity contribution in [3.63, 3.8) is 0 Å². The second-order valence-electron chi connectivity index (χ2n) is 8.08. The summed E-state index contributed by atoms with van der Waals surface area (Å²) in [6.45, 7) is 4.41. The third-order valence-corrected chi connectivity index (χ3v) is 5.89. The number of aliphatic hydroxyl groups excluding tert-OH is 1. The van der Waals surface area contributed by atoms with Gasteiger partial charge >= 0.3 is 0 Å². The van der Waals surface area contributed by atoms with Gasteiger partial charge in [-0.15, -0.1) is 0 Å². The lowest BCUT2D eigenvalue weighted by Gasteiger charge is -2.27. The van der Waals surface area contributed by atoms with Crippen LogP contribution in [0.2, 0.25) is 0 Å². The smallest absolute Gasteiger partial charge is 0.295 e. The molecular weight excluding hydrogens is 438 g/mol. The Morgan fingerprint density at radius 3 is 2.32 bits per heavy atom. The summed E-state index contributed by atoms with van der Waals surface area (Å²) < 4.78 is 21.7. The summed E-state index contributed by atoms with van der Waals surface area (Å²) in [6.07, 6.45) is 0.513. The number of rotatable bonds is 9. The SMILES string of the molecule is COCCCN1C(=O)C(=O)/C(=C(/O)c2cc(C)cc(C)c2OC)C1c1cccc(OC)c1OC. The highest BCUT2D eigenvalue weighted by Gasteiger charge is 2.47. The Kier molecular flexibility index (Phi) is 7.83. The summed E-state index contributed by atoms with van der Waals surface area (Å²) >= 11 is 0. The minimum Gasteiger partial charge on any atom is -0.507 e. The highest BCUT2D eigenvalue weighted by molar-refractivity contribution is 6.46. The summed E-state index contributed by atoms with van der Waals surface area (Å²) in [5.41, 5.74) is 2.53. The first kappa shape index (κ1) is 25.1. The molecule has 0 bridgehead atoms. The number of carbonyl (C=O) groups is 2. The Labute approximate surface area is 199 Å². The number of hydrogen-bond donors (Lipinski definition) is 1. The predicted octanol–water partition coefficient (Wildman–Crippen LogP) is 3.79. The molecule has 1 N–H and O–H groups in total. The quantitative estimate of drug-likeness (QED) is 0.258. The summed E-state index contributed by atoms with van der Waals surface area (Å²) in [5, 5.41) is 11.5. The van der Waals surface area contributed by atoms with E-state index in [4.69, 9.17) is 18.9 Å². The van der Waals surface area contributed by atoms with E-state index in [1.54, 1.807) is 31.4 Å². The van der Waals surface area contributed by atoms with E-state index in [-0.39, 0.29) is 17.9 Å². The zero-order valence-electron chi connectivity index (χ0n) is 20.4. The van der Waals surface area contributed by atoms with Crippen LogP contribution in [0.3, 0.4) is 0 Å². The van der Waals surface area contributed by atoms with E-state index in [9.17, 15) is 14.7 Å². The van der Waals surface area contributed by atoms with Crippen molar-refractivity contribution in [2.45, 2.75) is 26.3 Å². The minimum absolute atomic E-state index is 0.0303. The fourth-order valence-electron chi connectivity index (χ4n) is 4.49. The Balaban J connectivity index is 2.31. The van der Waals surface area contributed by atoms with Crippen molar-refractivity contribution < 1.29 is 33.6 Å². The zero-order valence-corrected chi connectivity index (χ0v) is 20.4. The molecule has 34 heavy (non-hydrogen) atoms. The van der Waals surface area contributed by atoms with Crippen molar-refractivity contribution in [2.75, 3.05) is 41.6 Å². The van der Waals surface area contributed by atoms with Crippen molar-refractivity contribution >= 4 is 17.4 Å². The molecule has 1 fully saturated rings. The number of benzene rings is 2. The predicted molar refractivity (Wildman–Crippen MR) is 128 cm³/mol. The number of hydrogen-bond acceptors (Lipinski definition) is 7. The number of Topliss-reactive ketones (excluding diaryl/α,β-unsaturated/α-hetero) is 1. The van der Waals surface area contributed by atoms with Gasteiger partial charge in [0.25, 0.3) is 11.7 Å². The van der Waals surface area contributed by atoms with E-state index < -0.39 is 17.7 Å². The molecule has 1 saturated heterocycles. The molecule has 2 aromatic rings. The number of ether oxygens (including phenoxy) is 4. The van der Waals surface area contributed by atoms with Gasteiger partial charge in [-0.2, -0.15) is 0 Å². The molecule has 1 aliphatic heterocycles. The summed E-state index contributed by atoms with van der Waals surface area (Å²) in [5.74, 6) is -0.503. The van der Waals surface area contributed by atoms with Gasteiger partial charge in [-0.3, -0.25) is 9.59 Å². The van der Waals surface area contributed by atoms with Crippen LogP contribution in [-0.4, -0.2) is 63.3 Å². The van der Waals surface area contributed by atoms with Crippen LogP contribution in [0.25, 0.3) is 5.76 Å². The monoisotopic (exact) mass is 469 g/mol. The maximum atomic E-state index is 13.3. The second kappa shape index (κ2) is 10.6. The lowest BCUT2D eigenvalue weighted by Crippen LogP contribution is -2.31. The molecule has 1 unspecified atom stereocenters. The number of ketones is 1. The van der Waals surface area contributed by atoms with Crippen LogP contribution in [0.1, 0.15) is 34.7 Å². The van der Waals surface area contributed by atoms with E-state index in [2.05, 4.69) is 0 Å². The highest BCUT2D eigenvalue weighted by Crippen LogP contribution is 2.46. The average Bonchev–Trinajstić information content (AvgIpc) is 3.07. The molecule has 0 aromatic heterocycles. The van der Waals surface area contributed by atoms with Crippen molar-refractivity contribution in [3.8, 4) is 17.2 Å². The Morgan fingerprint density at radius 1 is 1.00 bits per heavy atom. The van der Waals surface area contributed by atoms with Gasteiger partial charge in [0.15, 0.2) is 11.5 Å². The summed E-state index contributed by atoms with van der Waals surface area (Å²) in [4.78, 5) is 27.9. The molecule has 0 aliphatic carbocycles. The molecule has 3 rings (SSSR count). The van der Waals surface area contributed by atoms with E-state index >= 15 is 0 Å². The van der Waals surface area contributed by atoms with Gasteiger partial charge in [0.2, 0.25) is 0 Å². The van der Waals surface area contributed by atoms with Gasteiger partial charge in [0.05, 0.1) is 38.5 Å². The topological polar surface area (TPSA) is 94.5 Å². The first-order valence-corrected chi connectivity index (χ1v) is 10.9. The maximum Gasteiger partial charge on any atom is 0.295 e. The fourth-order valence-corrected chi connectivity index (χ4v) is 4.49. The third-order valence-electron chi connectivity index (χ3n) is 5.89. The van der Waals surface area contributed by atoms with Gasteiger partial charge < -0.3 is 29.0 Å². The molecular formula is C26H31NO7. The molecule has 1 atom stereocenters. The number of amides is 1. The molecule has 1 amide bonds. The average molecular weight is 470 g/mol. The van der Waals surface area contributed by atoms with Crippen LogP contribution in [0.5, 0.6) is 17.2 Å². The van der Waals surface area contributed by atoms with Crippen LogP contribution < -0.4 is 14.2 Å². The van der Waals surface area contributed by atoms with E-state index in [0.717, 1.165) is 11.1 Å². The number of aliphatic hydroxyl groups is 1. The number of aryl methyl sites for hydroxylation is 2. The second-order valence-corrected chi connectivity index (χ2v) is 8.08. The van der Waals surface area contributed by atoms with Crippen molar-refractivity contribution in [3.05, 3.63) is 58.2 Å². The molecule has 8 heteroatoms. The first-order valence-electron chi connectivity index (χ1n) is 10.9. The largest absolute Gasteiger partial charge is 0.507 e. The molecule has 0 radical (unpaired) electrons. The molecule has 0 spiro atoms.